The molecule has 0 saturated carbocycles. The molecule has 0 aliphatic rings. The van der Waals surface area contributed by atoms with Crippen molar-refractivity contribution < 1.29 is 19.1 Å². The van der Waals surface area contributed by atoms with E-state index in [0.29, 0.717) is 28.6 Å². The standard InChI is InChI=1S/C13H8N2O4/c16-7-9-1-2-12(19-9)10-5-11-8(6-14-10)3-4-15(11)13(17)18/h1-7H,(H,17,18). The lowest BCUT2D eigenvalue weighted by Crippen LogP contribution is -2.05. The minimum atomic E-state index is -1.07. The number of aromatic nitrogens is 2. The molecule has 0 unspecified atom stereocenters. The highest BCUT2D eigenvalue weighted by Gasteiger charge is 2.11. The van der Waals surface area contributed by atoms with E-state index in [9.17, 15) is 9.59 Å². The Hall–Kier alpha value is -2.89. The van der Waals surface area contributed by atoms with Gasteiger partial charge in [-0.05, 0) is 24.3 Å². The molecule has 19 heavy (non-hydrogen) atoms. The molecule has 6 heteroatoms. The van der Waals surface area contributed by atoms with Gasteiger partial charge in [-0.2, -0.15) is 0 Å². The fraction of sp³-hybridized carbons (Fsp3) is 0. The van der Waals surface area contributed by atoms with Crippen LogP contribution in [0.1, 0.15) is 10.6 Å². The van der Waals surface area contributed by atoms with Crippen molar-refractivity contribution in [2.24, 2.45) is 0 Å². The van der Waals surface area contributed by atoms with E-state index in [1.54, 1.807) is 24.4 Å². The SMILES string of the molecule is O=Cc1ccc(-c2cc3c(ccn3C(=O)O)cn2)o1. The fourth-order valence-electron chi connectivity index (χ4n) is 1.88. The van der Waals surface area contributed by atoms with Crippen molar-refractivity contribution >= 4 is 23.3 Å². The molecule has 94 valence electrons. The number of pyridine rings is 1. The number of carbonyl (C=O) groups excluding carboxylic acids is 1. The van der Waals surface area contributed by atoms with Gasteiger partial charge in [0.05, 0.1) is 5.52 Å². The number of fused-ring (bicyclic) bond motifs is 1. The van der Waals surface area contributed by atoms with Crippen LogP contribution in [-0.4, -0.2) is 27.0 Å². The summed E-state index contributed by atoms with van der Waals surface area (Å²) in [5, 5.41) is 9.76. The van der Waals surface area contributed by atoms with E-state index in [1.807, 2.05) is 0 Å². The topological polar surface area (TPSA) is 85.3 Å². The molecule has 0 aliphatic carbocycles. The summed E-state index contributed by atoms with van der Waals surface area (Å²) in [6.07, 6.45) is 2.55. The monoisotopic (exact) mass is 256 g/mol. The van der Waals surface area contributed by atoms with Crippen LogP contribution in [0.15, 0.2) is 41.1 Å². The second kappa shape index (κ2) is 4.09. The van der Waals surface area contributed by atoms with Crippen LogP contribution in [-0.2, 0) is 0 Å². The average Bonchev–Trinajstić information content (AvgIpc) is 3.04. The van der Waals surface area contributed by atoms with Gasteiger partial charge in [0.2, 0.25) is 0 Å². The van der Waals surface area contributed by atoms with E-state index in [2.05, 4.69) is 4.98 Å². The molecule has 3 rings (SSSR count). The van der Waals surface area contributed by atoms with E-state index in [4.69, 9.17) is 9.52 Å². The van der Waals surface area contributed by atoms with Gasteiger partial charge in [0.15, 0.2) is 17.8 Å². The van der Waals surface area contributed by atoms with Crippen molar-refractivity contribution in [3.05, 3.63) is 42.4 Å². The molecule has 0 fully saturated rings. The van der Waals surface area contributed by atoms with Crippen LogP contribution in [0.5, 0.6) is 0 Å². The van der Waals surface area contributed by atoms with E-state index in [0.717, 1.165) is 4.57 Å². The van der Waals surface area contributed by atoms with Crippen LogP contribution in [0.25, 0.3) is 22.4 Å². The molecule has 0 amide bonds. The zero-order chi connectivity index (χ0) is 13.4. The first-order chi connectivity index (χ1) is 9.19. The van der Waals surface area contributed by atoms with Gasteiger partial charge >= 0.3 is 6.09 Å². The summed E-state index contributed by atoms with van der Waals surface area (Å²) in [7, 11) is 0. The maximum atomic E-state index is 11.0. The Kier molecular flexibility index (Phi) is 2.42. The maximum absolute atomic E-state index is 11.0. The normalized spacial score (nSPS) is 10.7. The Morgan fingerprint density at radius 1 is 1.37 bits per heavy atom. The summed E-state index contributed by atoms with van der Waals surface area (Å²) in [4.78, 5) is 25.8. The van der Waals surface area contributed by atoms with Crippen LogP contribution < -0.4 is 0 Å². The molecular formula is C13H8N2O4. The second-order valence-corrected chi connectivity index (χ2v) is 3.92. The van der Waals surface area contributed by atoms with Crippen LogP contribution in [0.2, 0.25) is 0 Å². The summed E-state index contributed by atoms with van der Waals surface area (Å²) in [6, 6.07) is 6.42. The van der Waals surface area contributed by atoms with Crippen molar-refractivity contribution in [2.75, 3.05) is 0 Å². The summed E-state index contributed by atoms with van der Waals surface area (Å²) in [5.41, 5.74) is 0.989. The molecule has 0 aromatic carbocycles. The molecule has 0 spiro atoms. The number of nitrogens with zero attached hydrogens (tertiary/aromatic N) is 2. The average molecular weight is 256 g/mol. The minimum Gasteiger partial charge on any atom is -0.464 e. The van der Waals surface area contributed by atoms with Gasteiger partial charge in [-0.3, -0.25) is 14.3 Å². The lowest BCUT2D eigenvalue weighted by molar-refractivity contribution is 0.110. The second-order valence-electron chi connectivity index (χ2n) is 3.92. The number of furan rings is 1. The molecule has 6 nitrogen and oxygen atoms in total. The maximum Gasteiger partial charge on any atom is 0.416 e. The number of aldehydes is 1. The molecule has 3 aromatic rings. The van der Waals surface area contributed by atoms with Crippen LogP contribution in [0.3, 0.4) is 0 Å². The first kappa shape index (κ1) is 11.2. The van der Waals surface area contributed by atoms with Crippen LogP contribution in [0, 0.1) is 0 Å². The van der Waals surface area contributed by atoms with Gasteiger partial charge in [0.25, 0.3) is 0 Å². The third kappa shape index (κ3) is 1.79. The van der Waals surface area contributed by atoms with Gasteiger partial charge in [-0.1, -0.05) is 0 Å². The van der Waals surface area contributed by atoms with Crippen molar-refractivity contribution in [3.8, 4) is 11.5 Å². The van der Waals surface area contributed by atoms with Gasteiger partial charge < -0.3 is 9.52 Å². The van der Waals surface area contributed by atoms with Gasteiger partial charge in [-0.15, -0.1) is 0 Å². The van der Waals surface area contributed by atoms with Crippen LogP contribution >= 0.6 is 0 Å². The van der Waals surface area contributed by atoms with Gasteiger partial charge in [0, 0.05) is 17.8 Å². The van der Waals surface area contributed by atoms with Gasteiger partial charge in [-0.25, -0.2) is 4.79 Å². The molecule has 0 radical (unpaired) electrons. The highest BCUT2D eigenvalue weighted by molar-refractivity contribution is 5.90. The van der Waals surface area contributed by atoms with Crippen molar-refractivity contribution in [1.82, 2.24) is 9.55 Å². The Bertz CT molecular complexity index is 785. The molecule has 0 saturated heterocycles. The predicted molar refractivity (Wildman–Crippen MR) is 66.2 cm³/mol. The third-order valence-corrected chi connectivity index (χ3v) is 2.78. The summed E-state index contributed by atoms with van der Waals surface area (Å²) < 4.78 is 6.36. The van der Waals surface area contributed by atoms with Crippen molar-refractivity contribution in [2.45, 2.75) is 0 Å². The van der Waals surface area contributed by atoms with E-state index < -0.39 is 6.09 Å². The lowest BCUT2D eigenvalue weighted by Gasteiger charge is -2.00. The van der Waals surface area contributed by atoms with Crippen LogP contribution in [0.4, 0.5) is 4.79 Å². The van der Waals surface area contributed by atoms with Gasteiger partial charge in [0.1, 0.15) is 5.69 Å². The predicted octanol–water partition coefficient (Wildman–Crippen LogP) is 2.63. The van der Waals surface area contributed by atoms with E-state index in [1.165, 1.54) is 12.3 Å². The molecule has 0 bridgehead atoms. The molecule has 3 aromatic heterocycles. The molecule has 0 atom stereocenters. The molecule has 3 heterocycles. The Labute approximate surface area is 106 Å². The Morgan fingerprint density at radius 3 is 2.89 bits per heavy atom. The zero-order valence-corrected chi connectivity index (χ0v) is 9.61. The van der Waals surface area contributed by atoms with Crippen molar-refractivity contribution in [3.63, 3.8) is 0 Å². The summed E-state index contributed by atoms with van der Waals surface area (Å²) in [6.45, 7) is 0. The number of carboxylic acid groups (broad SMARTS) is 1. The highest BCUT2D eigenvalue weighted by Crippen LogP contribution is 2.24. The smallest absolute Gasteiger partial charge is 0.416 e. The summed E-state index contributed by atoms with van der Waals surface area (Å²) in [5.74, 6) is 0.618. The number of rotatable bonds is 2. The minimum absolute atomic E-state index is 0.200. The van der Waals surface area contributed by atoms with E-state index in [-0.39, 0.29) is 5.76 Å². The zero-order valence-electron chi connectivity index (χ0n) is 9.61. The van der Waals surface area contributed by atoms with Crippen molar-refractivity contribution in [1.29, 1.82) is 0 Å². The fourth-order valence-corrected chi connectivity index (χ4v) is 1.88. The first-order valence-electron chi connectivity index (χ1n) is 5.45. The molecule has 1 N–H and O–H groups in total. The third-order valence-electron chi connectivity index (χ3n) is 2.78. The number of hydrogen-bond donors (Lipinski definition) is 1. The van der Waals surface area contributed by atoms with E-state index >= 15 is 0 Å². The Morgan fingerprint density at radius 2 is 2.21 bits per heavy atom. The highest BCUT2D eigenvalue weighted by atomic mass is 16.4. The first-order valence-corrected chi connectivity index (χ1v) is 5.45. The summed E-state index contributed by atoms with van der Waals surface area (Å²) >= 11 is 0. The lowest BCUT2D eigenvalue weighted by atomic mass is 10.2. The Balaban J connectivity index is 2.17. The number of hydrogen-bond acceptors (Lipinski definition) is 4. The quantitative estimate of drug-likeness (QED) is 0.712. The largest absolute Gasteiger partial charge is 0.464 e. The number of carbonyl (C=O) groups is 2. The molecular weight excluding hydrogens is 248 g/mol. The molecule has 0 aliphatic heterocycles.